The normalized spacial score (nSPS) is 10.1. The first-order chi connectivity index (χ1) is 7.81. The van der Waals surface area contributed by atoms with Crippen molar-refractivity contribution in [2.45, 2.75) is 4.90 Å². The van der Waals surface area contributed by atoms with Crippen molar-refractivity contribution >= 4 is 34.4 Å². The second-order valence-electron chi connectivity index (χ2n) is 2.93. The van der Waals surface area contributed by atoms with E-state index in [0.717, 1.165) is 14.2 Å². The van der Waals surface area contributed by atoms with Gasteiger partial charge in [0.25, 0.3) is 0 Å². The summed E-state index contributed by atoms with van der Waals surface area (Å²) < 4.78 is 6.65. The molecule has 2 aromatic rings. The first-order valence-corrected chi connectivity index (χ1v) is 6.88. The fraction of sp³-hybridized carbons (Fsp3) is 0.0909. The van der Waals surface area contributed by atoms with Crippen LogP contribution in [0.2, 0.25) is 0 Å². The average Bonchev–Trinajstić information content (AvgIpc) is 2.33. The van der Waals surface area contributed by atoms with Gasteiger partial charge in [-0.1, -0.05) is 12.1 Å². The van der Waals surface area contributed by atoms with Crippen molar-refractivity contribution in [3.63, 3.8) is 0 Å². The van der Waals surface area contributed by atoms with Crippen LogP contribution in [-0.2, 0) is 0 Å². The lowest BCUT2D eigenvalue weighted by molar-refractivity contribution is 0.447. The lowest BCUT2D eigenvalue weighted by atomic mass is 10.3. The Bertz CT molecular complexity index is 493. The van der Waals surface area contributed by atoms with Crippen molar-refractivity contribution in [1.82, 2.24) is 9.97 Å². The number of para-hydroxylation sites is 1. The predicted molar refractivity (Wildman–Crippen MR) is 73.0 cm³/mol. The van der Waals surface area contributed by atoms with E-state index >= 15 is 0 Å². The number of halogens is 1. The van der Waals surface area contributed by atoms with E-state index in [0.29, 0.717) is 5.88 Å². The Morgan fingerprint density at radius 1 is 1.31 bits per heavy atom. The smallest absolute Gasteiger partial charge is 0.235 e. The van der Waals surface area contributed by atoms with Gasteiger partial charge in [-0.3, -0.25) is 0 Å². The second kappa shape index (κ2) is 5.49. The molecule has 2 rings (SSSR count). The standard InChI is InChI=1S/C11H9IN2OS/c1-16-10-5-3-2-4-9(10)15-11-8(12)6-13-7-14-11/h2-7H,1H3. The monoisotopic (exact) mass is 344 g/mol. The highest BCUT2D eigenvalue weighted by Gasteiger charge is 2.06. The first kappa shape index (κ1) is 11.7. The maximum Gasteiger partial charge on any atom is 0.235 e. The fourth-order valence-corrected chi connectivity index (χ4v) is 2.12. The molecule has 0 bridgehead atoms. The Hall–Kier alpha value is -0.820. The summed E-state index contributed by atoms with van der Waals surface area (Å²) >= 11 is 3.80. The van der Waals surface area contributed by atoms with Gasteiger partial charge in [-0.05, 0) is 41.0 Å². The van der Waals surface area contributed by atoms with Crippen LogP contribution in [0.5, 0.6) is 11.6 Å². The maximum atomic E-state index is 5.75. The SMILES string of the molecule is CSc1ccccc1Oc1ncncc1I. The van der Waals surface area contributed by atoms with Crippen LogP contribution < -0.4 is 4.74 Å². The molecule has 3 nitrogen and oxygen atoms in total. The number of nitrogens with zero attached hydrogens (tertiary/aromatic N) is 2. The Labute approximate surface area is 112 Å². The van der Waals surface area contributed by atoms with Crippen LogP contribution in [-0.4, -0.2) is 16.2 Å². The summed E-state index contributed by atoms with van der Waals surface area (Å²) in [5, 5.41) is 0. The first-order valence-electron chi connectivity index (χ1n) is 4.57. The van der Waals surface area contributed by atoms with Gasteiger partial charge >= 0.3 is 0 Å². The highest BCUT2D eigenvalue weighted by atomic mass is 127. The second-order valence-corrected chi connectivity index (χ2v) is 4.94. The fourth-order valence-electron chi connectivity index (χ4n) is 1.18. The van der Waals surface area contributed by atoms with Gasteiger partial charge in [-0.15, -0.1) is 11.8 Å². The molecule has 0 saturated carbocycles. The molecule has 16 heavy (non-hydrogen) atoms. The number of rotatable bonds is 3. The molecule has 1 heterocycles. The number of hydrogen-bond donors (Lipinski definition) is 0. The van der Waals surface area contributed by atoms with Gasteiger partial charge < -0.3 is 4.74 Å². The van der Waals surface area contributed by atoms with Crippen LogP contribution in [0, 0.1) is 3.57 Å². The van der Waals surface area contributed by atoms with Gasteiger partial charge in [0.1, 0.15) is 12.1 Å². The van der Waals surface area contributed by atoms with Crippen LogP contribution >= 0.6 is 34.4 Å². The zero-order valence-electron chi connectivity index (χ0n) is 8.55. The van der Waals surface area contributed by atoms with E-state index in [-0.39, 0.29) is 0 Å². The minimum absolute atomic E-state index is 0.595. The average molecular weight is 344 g/mol. The van der Waals surface area contributed by atoms with Crippen molar-refractivity contribution < 1.29 is 4.74 Å². The summed E-state index contributed by atoms with van der Waals surface area (Å²) in [5.41, 5.74) is 0. The van der Waals surface area contributed by atoms with E-state index in [1.807, 2.05) is 30.5 Å². The molecule has 0 amide bonds. The molecule has 1 aromatic heterocycles. The van der Waals surface area contributed by atoms with Gasteiger partial charge in [-0.25, -0.2) is 9.97 Å². The molecule has 0 unspecified atom stereocenters. The van der Waals surface area contributed by atoms with Gasteiger partial charge in [0.2, 0.25) is 5.88 Å². The van der Waals surface area contributed by atoms with Gasteiger partial charge in [0, 0.05) is 11.1 Å². The highest BCUT2D eigenvalue weighted by molar-refractivity contribution is 14.1. The van der Waals surface area contributed by atoms with Gasteiger partial charge in [0.15, 0.2) is 0 Å². The summed E-state index contributed by atoms with van der Waals surface area (Å²) in [4.78, 5) is 9.12. The minimum Gasteiger partial charge on any atom is -0.437 e. The summed E-state index contributed by atoms with van der Waals surface area (Å²) in [6.07, 6.45) is 5.23. The Morgan fingerprint density at radius 3 is 2.88 bits per heavy atom. The van der Waals surface area contributed by atoms with Crippen LogP contribution in [0.15, 0.2) is 41.7 Å². The number of aromatic nitrogens is 2. The van der Waals surface area contributed by atoms with E-state index in [1.165, 1.54) is 6.33 Å². The largest absolute Gasteiger partial charge is 0.437 e. The lowest BCUT2D eigenvalue weighted by Crippen LogP contribution is -1.92. The molecule has 0 spiro atoms. The molecule has 0 aliphatic carbocycles. The van der Waals surface area contributed by atoms with Crippen LogP contribution in [0.4, 0.5) is 0 Å². The van der Waals surface area contributed by atoms with Crippen LogP contribution in [0.1, 0.15) is 0 Å². The third-order valence-electron chi connectivity index (χ3n) is 1.91. The van der Waals surface area contributed by atoms with E-state index in [1.54, 1.807) is 18.0 Å². The van der Waals surface area contributed by atoms with E-state index in [4.69, 9.17) is 4.74 Å². The molecule has 0 aliphatic heterocycles. The Kier molecular flexibility index (Phi) is 4.00. The summed E-state index contributed by atoms with van der Waals surface area (Å²) in [5.74, 6) is 1.42. The third kappa shape index (κ3) is 2.65. The number of ether oxygens (including phenoxy) is 1. The van der Waals surface area contributed by atoms with Crippen molar-refractivity contribution in [2.75, 3.05) is 6.26 Å². The minimum atomic E-state index is 0.595. The van der Waals surface area contributed by atoms with Crippen molar-refractivity contribution in [3.05, 3.63) is 40.4 Å². The van der Waals surface area contributed by atoms with Crippen LogP contribution in [0.3, 0.4) is 0 Å². The Balaban J connectivity index is 2.30. The van der Waals surface area contributed by atoms with Crippen molar-refractivity contribution in [3.8, 4) is 11.6 Å². The molecule has 0 saturated heterocycles. The zero-order chi connectivity index (χ0) is 11.4. The van der Waals surface area contributed by atoms with Crippen molar-refractivity contribution in [2.24, 2.45) is 0 Å². The molecule has 1 aromatic carbocycles. The van der Waals surface area contributed by atoms with Gasteiger partial charge in [-0.2, -0.15) is 0 Å². The Morgan fingerprint density at radius 2 is 2.12 bits per heavy atom. The summed E-state index contributed by atoms with van der Waals surface area (Å²) in [6, 6.07) is 7.89. The van der Waals surface area contributed by atoms with E-state index in [2.05, 4.69) is 32.6 Å². The topological polar surface area (TPSA) is 35.0 Å². The lowest BCUT2D eigenvalue weighted by Gasteiger charge is -2.08. The summed E-state index contributed by atoms with van der Waals surface area (Å²) in [6.45, 7) is 0. The van der Waals surface area contributed by atoms with E-state index < -0.39 is 0 Å². The quantitative estimate of drug-likeness (QED) is 0.630. The molecule has 82 valence electrons. The molecule has 0 aliphatic rings. The van der Waals surface area contributed by atoms with E-state index in [9.17, 15) is 0 Å². The van der Waals surface area contributed by atoms with Crippen LogP contribution in [0.25, 0.3) is 0 Å². The molecule has 0 fully saturated rings. The molecule has 0 N–H and O–H groups in total. The molecule has 0 atom stereocenters. The molecular formula is C11H9IN2OS. The maximum absolute atomic E-state index is 5.75. The van der Waals surface area contributed by atoms with Crippen molar-refractivity contribution in [1.29, 1.82) is 0 Å². The van der Waals surface area contributed by atoms with Gasteiger partial charge in [0.05, 0.1) is 3.57 Å². The molecule has 0 radical (unpaired) electrons. The predicted octanol–water partition coefficient (Wildman–Crippen LogP) is 3.60. The highest BCUT2D eigenvalue weighted by Crippen LogP contribution is 2.31. The number of benzene rings is 1. The number of hydrogen-bond acceptors (Lipinski definition) is 4. The molecular weight excluding hydrogens is 335 g/mol. The molecule has 5 heteroatoms. The number of thioether (sulfide) groups is 1. The zero-order valence-corrected chi connectivity index (χ0v) is 11.5. The summed E-state index contributed by atoms with van der Waals surface area (Å²) in [7, 11) is 0. The third-order valence-corrected chi connectivity index (χ3v) is 3.43.